The largest absolute Gasteiger partial charge is 0.512 e. The summed E-state index contributed by atoms with van der Waals surface area (Å²) in [5.74, 6) is -0.0625. The second kappa shape index (κ2) is 11.9. The molecule has 0 saturated carbocycles. The molecule has 6 rings (SSSR count). The maximum absolute atomic E-state index is 10.0. The van der Waals surface area contributed by atoms with Gasteiger partial charge in [0, 0.05) is 42.6 Å². The van der Waals surface area contributed by atoms with Crippen molar-refractivity contribution in [2.45, 2.75) is 40.0 Å². The van der Waals surface area contributed by atoms with Crippen LogP contribution in [0.3, 0.4) is 0 Å². The van der Waals surface area contributed by atoms with E-state index in [1.54, 1.807) is 11.3 Å². The summed E-state index contributed by atoms with van der Waals surface area (Å²) in [4.78, 5) is 16.0. The molecule has 1 radical (unpaired) electrons. The zero-order chi connectivity index (χ0) is 27.7. The molecule has 0 saturated heterocycles. The molecule has 0 bridgehead atoms. The predicted molar refractivity (Wildman–Crippen MR) is 162 cm³/mol. The van der Waals surface area contributed by atoms with Gasteiger partial charge in [-0.05, 0) is 53.6 Å². The van der Waals surface area contributed by atoms with Crippen LogP contribution in [0.2, 0.25) is 0 Å². The molecule has 6 aromatic rings. The molecule has 0 amide bonds. The number of para-hydroxylation sites is 1. The third-order valence-corrected chi connectivity index (χ3v) is 7.58. The fourth-order valence-corrected chi connectivity index (χ4v) is 5.55. The Morgan fingerprint density at radius 3 is 2.38 bits per heavy atom. The van der Waals surface area contributed by atoms with Crippen LogP contribution < -0.4 is 0 Å². The van der Waals surface area contributed by atoms with Gasteiger partial charge >= 0.3 is 0 Å². The summed E-state index contributed by atoms with van der Waals surface area (Å²) in [6, 6.07) is 28.9. The molecular formula is C34H30IrNO3S-. The third-order valence-electron chi connectivity index (χ3n) is 6.45. The van der Waals surface area contributed by atoms with Gasteiger partial charge in [0.2, 0.25) is 0 Å². The van der Waals surface area contributed by atoms with E-state index in [9.17, 15) is 4.79 Å². The van der Waals surface area contributed by atoms with Crippen LogP contribution in [-0.4, -0.2) is 15.9 Å². The van der Waals surface area contributed by atoms with Crippen LogP contribution in [0, 0.1) is 6.07 Å². The summed E-state index contributed by atoms with van der Waals surface area (Å²) in [5, 5.41) is 11.8. The average molecular weight is 725 g/mol. The Kier molecular flexibility index (Phi) is 8.74. The van der Waals surface area contributed by atoms with Crippen molar-refractivity contribution in [3.63, 3.8) is 0 Å². The van der Waals surface area contributed by atoms with Crippen molar-refractivity contribution < 1.29 is 34.4 Å². The molecular weight excluding hydrogens is 695 g/mol. The van der Waals surface area contributed by atoms with Crippen LogP contribution >= 0.6 is 11.3 Å². The number of pyridine rings is 1. The van der Waals surface area contributed by atoms with Crippen LogP contribution in [0.4, 0.5) is 0 Å². The van der Waals surface area contributed by atoms with Gasteiger partial charge in [0.25, 0.3) is 0 Å². The van der Waals surface area contributed by atoms with Gasteiger partial charge in [-0.2, -0.15) is 0 Å². The number of carbonyl (C=O) groups excluding carboxylic acids is 1. The number of furan rings is 1. The molecule has 0 unspecified atom stereocenters. The number of ketones is 1. The molecule has 0 fully saturated rings. The standard InChI is InChI=1S/C29H22NOS.C5H8O2.Ir/c1-29(2,3)20-13-11-18(12-14-20)26-16-19-15-24(30-17-27(19)32-26)23-9-6-8-22-21-7-4-5-10-25(21)31-28(22)23;1-4(6)3-5(2)7;/h4-8,10-17H,1-3H3;3,6H,1-2H3;/q-1;;/b;4-3-;. The number of aromatic nitrogens is 1. The van der Waals surface area contributed by atoms with Gasteiger partial charge in [-0.3, -0.25) is 4.79 Å². The fraction of sp³-hybridized carbons (Fsp3) is 0.176. The van der Waals surface area contributed by atoms with E-state index in [-0.39, 0.29) is 37.1 Å². The molecule has 0 aliphatic rings. The maximum Gasteiger partial charge on any atom is 0.155 e. The Labute approximate surface area is 251 Å². The summed E-state index contributed by atoms with van der Waals surface area (Å²) >= 11 is 1.78. The number of aliphatic hydroxyl groups is 1. The van der Waals surface area contributed by atoms with Gasteiger partial charge in [-0.1, -0.05) is 80.3 Å². The zero-order valence-electron chi connectivity index (χ0n) is 23.0. The monoisotopic (exact) mass is 725 g/mol. The number of carbonyl (C=O) groups is 1. The minimum absolute atomic E-state index is 0. The van der Waals surface area contributed by atoms with E-state index in [1.165, 1.54) is 46.0 Å². The second-order valence-electron chi connectivity index (χ2n) is 10.6. The van der Waals surface area contributed by atoms with E-state index < -0.39 is 0 Å². The summed E-state index contributed by atoms with van der Waals surface area (Å²) in [5.41, 5.74) is 6.27. The van der Waals surface area contributed by atoms with Crippen LogP contribution in [0.15, 0.2) is 95.2 Å². The minimum Gasteiger partial charge on any atom is -0.512 e. The molecule has 0 atom stereocenters. The van der Waals surface area contributed by atoms with Crippen LogP contribution in [0.25, 0.3) is 53.7 Å². The van der Waals surface area contributed by atoms with E-state index in [0.717, 1.165) is 33.2 Å². The summed E-state index contributed by atoms with van der Waals surface area (Å²) in [7, 11) is 0. The molecule has 0 aliphatic heterocycles. The van der Waals surface area contributed by atoms with Crippen molar-refractivity contribution in [3.05, 3.63) is 102 Å². The molecule has 4 nitrogen and oxygen atoms in total. The SMILES string of the molecule is CC(=O)/C=C(/C)O.CC(C)(C)c1ccc(-c2cc3cc(-c4[c-]ccc5c4oc4ccccc45)ncc3s2)cc1.[Ir]. The van der Waals surface area contributed by atoms with Gasteiger partial charge in [-0.15, -0.1) is 29.5 Å². The van der Waals surface area contributed by atoms with Crippen molar-refractivity contribution in [1.29, 1.82) is 0 Å². The number of allylic oxidation sites excluding steroid dienone is 2. The topological polar surface area (TPSA) is 63.3 Å². The molecule has 6 heteroatoms. The number of hydrogen-bond acceptors (Lipinski definition) is 5. The number of fused-ring (bicyclic) bond motifs is 4. The van der Waals surface area contributed by atoms with Crippen LogP contribution in [0.5, 0.6) is 0 Å². The number of hydrogen-bond donors (Lipinski definition) is 1. The van der Waals surface area contributed by atoms with Crippen LogP contribution in [0.1, 0.15) is 40.2 Å². The normalized spacial score (nSPS) is 11.8. The van der Waals surface area contributed by atoms with Crippen molar-refractivity contribution in [2.24, 2.45) is 0 Å². The molecule has 205 valence electrons. The first-order valence-electron chi connectivity index (χ1n) is 12.8. The van der Waals surface area contributed by atoms with Crippen molar-refractivity contribution >= 4 is 49.1 Å². The summed E-state index contributed by atoms with van der Waals surface area (Å²) in [6.45, 7) is 9.58. The molecule has 0 aliphatic carbocycles. The number of benzene rings is 3. The predicted octanol–water partition coefficient (Wildman–Crippen LogP) is 9.66. The van der Waals surface area contributed by atoms with Gasteiger partial charge in [-0.25, -0.2) is 0 Å². The Morgan fingerprint density at radius 2 is 1.73 bits per heavy atom. The Bertz CT molecular complexity index is 1840. The molecule has 3 aromatic carbocycles. The average Bonchev–Trinajstić information content (AvgIpc) is 3.49. The molecule has 40 heavy (non-hydrogen) atoms. The Morgan fingerprint density at radius 1 is 1.00 bits per heavy atom. The van der Waals surface area contributed by atoms with E-state index >= 15 is 0 Å². The molecule has 3 heterocycles. The maximum atomic E-state index is 10.0. The van der Waals surface area contributed by atoms with E-state index in [1.807, 2.05) is 30.5 Å². The van der Waals surface area contributed by atoms with Gasteiger partial charge in [0.05, 0.1) is 16.0 Å². The van der Waals surface area contributed by atoms with Crippen molar-refractivity contribution in [1.82, 2.24) is 4.98 Å². The first-order valence-corrected chi connectivity index (χ1v) is 13.6. The quantitative estimate of drug-likeness (QED) is 0.112. The number of thiophene rings is 1. The fourth-order valence-electron chi connectivity index (χ4n) is 4.53. The third kappa shape index (κ3) is 6.26. The minimum atomic E-state index is -0.125. The first-order chi connectivity index (χ1) is 18.6. The molecule has 3 aromatic heterocycles. The Balaban J connectivity index is 0.000000413. The van der Waals surface area contributed by atoms with Crippen molar-refractivity contribution in [3.8, 4) is 21.7 Å². The summed E-state index contributed by atoms with van der Waals surface area (Å²) in [6.07, 6.45) is 3.14. The van der Waals surface area contributed by atoms with Crippen LogP contribution in [-0.2, 0) is 30.3 Å². The van der Waals surface area contributed by atoms with Gasteiger partial charge in [0.15, 0.2) is 5.78 Å². The first kappa shape index (κ1) is 29.4. The Hall–Kier alpha value is -3.57. The summed E-state index contributed by atoms with van der Waals surface area (Å²) < 4.78 is 7.38. The molecule has 1 N–H and O–H groups in total. The van der Waals surface area contributed by atoms with Crippen molar-refractivity contribution in [2.75, 3.05) is 0 Å². The van der Waals surface area contributed by atoms with E-state index in [2.05, 4.69) is 75.4 Å². The van der Waals surface area contributed by atoms with Gasteiger partial charge < -0.3 is 14.5 Å². The molecule has 0 spiro atoms. The zero-order valence-corrected chi connectivity index (χ0v) is 26.2. The number of aliphatic hydroxyl groups excluding tert-OH is 1. The smallest absolute Gasteiger partial charge is 0.155 e. The van der Waals surface area contributed by atoms with E-state index in [0.29, 0.717) is 0 Å². The van der Waals surface area contributed by atoms with E-state index in [4.69, 9.17) is 14.5 Å². The second-order valence-corrected chi connectivity index (χ2v) is 11.7. The number of nitrogens with zero attached hydrogens (tertiary/aromatic N) is 1. The number of rotatable bonds is 3. The van der Waals surface area contributed by atoms with Gasteiger partial charge in [0.1, 0.15) is 5.58 Å².